The summed E-state index contributed by atoms with van der Waals surface area (Å²) >= 11 is 0. The summed E-state index contributed by atoms with van der Waals surface area (Å²) in [6.45, 7) is 11.6. The topological polar surface area (TPSA) is 32.3 Å². The lowest BCUT2D eigenvalue weighted by atomic mass is 9.85. The van der Waals surface area contributed by atoms with Crippen molar-refractivity contribution in [1.82, 2.24) is 5.32 Å². The van der Waals surface area contributed by atoms with Crippen molar-refractivity contribution in [3.05, 3.63) is 29.8 Å². The van der Waals surface area contributed by atoms with E-state index in [1.54, 1.807) is 0 Å². The lowest BCUT2D eigenvalue weighted by Gasteiger charge is -2.36. The molecule has 0 aromatic heterocycles. The fourth-order valence-corrected chi connectivity index (χ4v) is 3.01. The average Bonchev–Trinajstić information content (AvgIpc) is 2.40. The molecule has 3 nitrogen and oxygen atoms in total. The predicted octanol–water partition coefficient (Wildman–Crippen LogP) is 3.48. The highest BCUT2D eigenvalue weighted by Crippen LogP contribution is 2.33. The number of hydrogen-bond donors (Lipinski definition) is 1. The van der Waals surface area contributed by atoms with Crippen LogP contribution in [0.1, 0.15) is 53.0 Å². The Morgan fingerprint density at radius 1 is 1.24 bits per heavy atom. The summed E-state index contributed by atoms with van der Waals surface area (Å²) in [6.07, 6.45) is 1.99. The Balaban J connectivity index is 2.31. The highest BCUT2D eigenvalue weighted by atomic mass is 16.2. The molecule has 0 bridgehead atoms. The highest BCUT2D eigenvalue weighted by molar-refractivity contribution is 5.98. The average molecular weight is 288 g/mol. The molecule has 1 heterocycles. The SMILES string of the molecule is CC(C)NC1CCCN(c2ccccc2C(C)(C)C)C1=O. The van der Waals surface area contributed by atoms with Crippen molar-refractivity contribution in [1.29, 1.82) is 0 Å². The molecular formula is C18H28N2O. The number of anilines is 1. The molecule has 3 heteroatoms. The zero-order valence-corrected chi connectivity index (χ0v) is 13.9. The second-order valence-corrected chi connectivity index (χ2v) is 7.27. The zero-order valence-electron chi connectivity index (χ0n) is 13.9. The van der Waals surface area contributed by atoms with E-state index in [-0.39, 0.29) is 17.4 Å². The first-order valence-electron chi connectivity index (χ1n) is 7.97. The Kier molecular flexibility index (Phi) is 4.72. The van der Waals surface area contributed by atoms with E-state index in [1.165, 1.54) is 5.56 Å². The first-order valence-corrected chi connectivity index (χ1v) is 7.97. The maximum Gasteiger partial charge on any atom is 0.244 e. The number of para-hydroxylation sites is 1. The minimum atomic E-state index is -0.0493. The summed E-state index contributed by atoms with van der Waals surface area (Å²) in [4.78, 5) is 14.8. The smallest absolute Gasteiger partial charge is 0.244 e. The second kappa shape index (κ2) is 6.18. The molecule has 1 N–H and O–H groups in total. The molecule has 1 fully saturated rings. The molecule has 1 aliphatic rings. The summed E-state index contributed by atoms with van der Waals surface area (Å²) in [5.41, 5.74) is 2.35. The van der Waals surface area contributed by atoms with Gasteiger partial charge in [-0.1, -0.05) is 52.8 Å². The molecule has 1 amide bonds. The van der Waals surface area contributed by atoms with E-state index in [0.29, 0.717) is 6.04 Å². The number of piperidine rings is 1. The Morgan fingerprint density at radius 2 is 1.90 bits per heavy atom. The number of hydrogen-bond acceptors (Lipinski definition) is 2. The molecule has 21 heavy (non-hydrogen) atoms. The van der Waals surface area contributed by atoms with Crippen LogP contribution in [0.3, 0.4) is 0 Å². The summed E-state index contributed by atoms with van der Waals surface area (Å²) in [5, 5.41) is 3.40. The number of nitrogens with zero attached hydrogens (tertiary/aromatic N) is 1. The van der Waals surface area contributed by atoms with Gasteiger partial charge in [0.1, 0.15) is 0 Å². The number of carbonyl (C=O) groups is 1. The van der Waals surface area contributed by atoms with Crippen molar-refractivity contribution in [2.75, 3.05) is 11.4 Å². The van der Waals surface area contributed by atoms with E-state index >= 15 is 0 Å². The van der Waals surface area contributed by atoms with Crippen LogP contribution in [0.2, 0.25) is 0 Å². The Hall–Kier alpha value is -1.35. The van der Waals surface area contributed by atoms with Crippen LogP contribution in [-0.2, 0) is 10.2 Å². The van der Waals surface area contributed by atoms with Gasteiger partial charge in [0.15, 0.2) is 0 Å². The molecule has 1 saturated heterocycles. The standard InChI is InChI=1S/C18H28N2O/c1-13(2)19-15-10-8-12-20(17(15)21)16-11-7-6-9-14(16)18(3,4)5/h6-7,9,11,13,15,19H,8,10,12H2,1-5H3. The lowest BCUT2D eigenvalue weighted by molar-refractivity contribution is -0.121. The quantitative estimate of drug-likeness (QED) is 0.923. The zero-order chi connectivity index (χ0) is 15.6. The molecular weight excluding hydrogens is 260 g/mol. The van der Waals surface area contributed by atoms with Crippen molar-refractivity contribution >= 4 is 11.6 Å². The fourth-order valence-electron chi connectivity index (χ4n) is 3.01. The van der Waals surface area contributed by atoms with Crippen LogP contribution in [-0.4, -0.2) is 24.5 Å². The highest BCUT2D eigenvalue weighted by Gasteiger charge is 2.32. The monoisotopic (exact) mass is 288 g/mol. The van der Waals surface area contributed by atoms with E-state index in [9.17, 15) is 4.79 Å². The minimum Gasteiger partial charge on any atom is -0.311 e. The first-order chi connectivity index (χ1) is 9.80. The number of benzene rings is 1. The molecule has 0 aliphatic carbocycles. The summed E-state index contributed by atoms with van der Waals surface area (Å²) in [6, 6.07) is 8.58. The van der Waals surface area contributed by atoms with Gasteiger partial charge < -0.3 is 10.2 Å². The van der Waals surface area contributed by atoms with E-state index < -0.39 is 0 Å². The number of rotatable bonds is 3. The normalized spacial score (nSPS) is 20.2. The number of nitrogens with one attached hydrogen (secondary N) is 1. The van der Waals surface area contributed by atoms with Gasteiger partial charge in [-0.25, -0.2) is 0 Å². The van der Waals surface area contributed by atoms with Crippen LogP contribution in [0.15, 0.2) is 24.3 Å². The third-order valence-electron chi connectivity index (χ3n) is 3.98. The molecule has 2 rings (SSSR count). The van der Waals surface area contributed by atoms with Crippen molar-refractivity contribution in [2.24, 2.45) is 0 Å². The van der Waals surface area contributed by atoms with Gasteiger partial charge in [-0.05, 0) is 29.9 Å². The molecule has 1 aromatic carbocycles. The summed E-state index contributed by atoms with van der Waals surface area (Å²) < 4.78 is 0. The predicted molar refractivity (Wildman–Crippen MR) is 88.8 cm³/mol. The van der Waals surface area contributed by atoms with Gasteiger partial charge in [0, 0.05) is 18.3 Å². The Labute approximate surface area is 128 Å². The van der Waals surface area contributed by atoms with Crippen LogP contribution in [0.5, 0.6) is 0 Å². The molecule has 1 aromatic rings. The van der Waals surface area contributed by atoms with Gasteiger partial charge in [0.2, 0.25) is 5.91 Å². The van der Waals surface area contributed by atoms with E-state index in [1.807, 2.05) is 11.0 Å². The largest absolute Gasteiger partial charge is 0.311 e. The Morgan fingerprint density at radius 3 is 2.52 bits per heavy atom. The Bertz CT molecular complexity index is 502. The van der Waals surface area contributed by atoms with Gasteiger partial charge in [0.05, 0.1) is 6.04 Å². The molecule has 0 saturated carbocycles. The lowest BCUT2D eigenvalue weighted by Crippen LogP contribution is -2.53. The van der Waals surface area contributed by atoms with Crippen LogP contribution in [0, 0.1) is 0 Å². The van der Waals surface area contributed by atoms with E-state index in [4.69, 9.17) is 0 Å². The van der Waals surface area contributed by atoms with Gasteiger partial charge in [-0.3, -0.25) is 4.79 Å². The molecule has 0 spiro atoms. The molecule has 1 atom stereocenters. The van der Waals surface area contributed by atoms with Gasteiger partial charge in [-0.2, -0.15) is 0 Å². The van der Waals surface area contributed by atoms with E-state index in [0.717, 1.165) is 25.1 Å². The van der Waals surface area contributed by atoms with Gasteiger partial charge in [0.25, 0.3) is 0 Å². The first kappa shape index (κ1) is 16.0. The van der Waals surface area contributed by atoms with Crippen molar-refractivity contribution < 1.29 is 4.79 Å². The summed E-state index contributed by atoms with van der Waals surface area (Å²) in [5.74, 6) is 0.214. The molecule has 0 radical (unpaired) electrons. The van der Waals surface area contributed by atoms with Crippen molar-refractivity contribution in [3.8, 4) is 0 Å². The van der Waals surface area contributed by atoms with E-state index in [2.05, 4.69) is 58.1 Å². The second-order valence-electron chi connectivity index (χ2n) is 7.27. The molecule has 1 unspecified atom stereocenters. The van der Waals surface area contributed by atoms with Crippen molar-refractivity contribution in [2.45, 2.75) is 65.0 Å². The molecule has 1 aliphatic heterocycles. The third kappa shape index (κ3) is 3.65. The van der Waals surface area contributed by atoms with Crippen LogP contribution < -0.4 is 10.2 Å². The van der Waals surface area contributed by atoms with Gasteiger partial charge >= 0.3 is 0 Å². The molecule has 116 valence electrons. The van der Waals surface area contributed by atoms with Crippen LogP contribution in [0.4, 0.5) is 5.69 Å². The number of amides is 1. The fraction of sp³-hybridized carbons (Fsp3) is 0.611. The summed E-state index contributed by atoms with van der Waals surface area (Å²) in [7, 11) is 0. The van der Waals surface area contributed by atoms with Crippen molar-refractivity contribution in [3.63, 3.8) is 0 Å². The number of carbonyl (C=O) groups excluding carboxylic acids is 1. The third-order valence-corrected chi connectivity index (χ3v) is 3.98. The maximum absolute atomic E-state index is 12.8. The van der Waals surface area contributed by atoms with Crippen LogP contribution in [0.25, 0.3) is 0 Å². The van der Waals surface area contributed by atoms with Crippen LogP contribution >= 0.6 is 0 Å². The van der Waals surface area contributed by atoms with Gasteiger partial charge in [-0.15, -0.1) is 0 Å². The minimum absolute atomic E-state index is 0.0370. The maximum atomic E-state index is 12.8.